The molecule has 2 N–H and O–H groups in total. The maximum Gasteiger partial charge on any atom is 0.204 e. The van der Waals surface area contributed by atoms with Crippen LogP contribution in [0.2, 0.25) is 5.02 Å². The molecule has 0 fully saturated rings. The van der Waals surface area contributed by atoms with Gasteiger partial charge in [-0.3, -0.25) is 0 Å². The van der Waals surface area contributed by atoms with Crippen molar-refractivity contribution in [2.75, 3.05) is 11.7 Å². The molecule has 2 rings (SSSR count). The number of benzene rings is 2. The molecule has 0 aliphatic rings. The summed E-state index contributed by atoms with van der Waals surface area (Å²) >= 11 is 5.79. The number of ether oxygens (including phenoxy) is 1. The highest BCUT2D eigenvalue weighted by atomic mass is 35.5. The monoisotopic (exact) mass is 311 g/mol. The number of hydrogen-bond acceptors (Lipinski definition) is 4. The highest BCUT2D eigenvalue weighted by Gasteiger charge is 2.18. The Bertz CT molecular complexity index is 687. The highest BCUT2D eigenvalue weighted by molar-refractivity contribution is 7.91. The Morgan fingerprint density at radius 1 is 1.10 bits per heavy atom. The second-order valence-corrected chi connectivity index (χ2v) is 6.59. The summed E-state index contributed by atoms with van der Waals surface area (Å²) in [5, 5.41) is 0.320. The number of sulfone groups is 1. The minimum atomic E-state index is -3.62. The fourth-order valence-electron chi connectivity index (χ4n) is 1.68. The first-order chi connectivity index (χ1) is 9.49. The van der Waals surface area contributed by atoms with E-state index in [0.717, 1.165) is 5.56 Å². The van der Waals surface area contributed by atoms with E-state index in [1.807, 2.05) is 30.3 Å². The van der Waals surface area contributed by atoms with Gasteiger partial charge in [0.05, 0.1) is 17.2 Å². The number of rotatable bonds is 5. The Morgan fingerprint density at radius 2 is 1.80 bits per heavy atom. The Kier molecular flexibility index (Phi) is 4.65. The quantitative estimate of drug-likeness (QED) is 0.862. The molecule has 4 nitrogen and oxygen atoms in total. The topological polar surface area (TPSA) is 69.4 Å². The van der Waals surface area contributed by atoms with Crippen LogP contribution in [0.3, 0.4) is 0 Å². The number of nitrogens with two attached hydrogens (primary N) is 1. The van der Waals surface area contributed by atoms with Crippen LogP contribution in [0.5, 0.6) is 0 Å². The molecule has 0 unspecified atom stereocenters. The van der Waals surface area contributed by atoms with E-state index >= 15 is 0 Å². The predicted octanol–water partition coefficient (Wildman–Crippen LogP) is 2.87. The van der Waals surface area contributed by atoms with Crippen molar-refractivity contribution in [1.82, 2.24) is 0 Å². The molecule has 0 aliphatic carbocycles. The van der Waals surface area contributed by atoms with Gasteiger partial charge < -0.3 is 10.5 Å². The Balaban J connectivity index is 2.06. The van der Waals surface area contributed by atoms with Crippen molar-refractivity contribution in [3.63, 3.8) is 0 Å². The lowest BCUT2D eigenvalue weighted by molar-refractivity contribution is 0.163. The fraction of sp³-hybridized carbons (Fsp3) is 0.143. The summed E-state index contributed by atoms with van der Waals surface area (Å²) in [6, 6.07) is 13.7. The molecule has 2 aromatic carbocycles. The van der Waals surface area contributed by atoms with Crippen LogP contribution in [0.4, 0.5) is 5.69 Å². The molecule has 0 radical (unpaired) electrons. The van der Waals surface area contributed by atoms with Crippen LogP contribution in [0.1, 0.15) is 5.56 Å². The van der Waals surface area contributed by atoms with Crippen LogP contribution in [-0.4, -0.2) is 14.4 Å². The summed E-state index contributed by atoms with van der Waals surface area (Å²) in [5.74, 6) is -0.438. The van der Waals surface area contributed by atoms with E-state index in [1.54, 1.807) is 6.07 Å². The van der Waals surface area contributed by atoms with Gasteiger partial charge in [-0.25, -0.2) is 8.42 Å². The molecule has 106 valence electrons. The van der Waals surface area contributed by atoms with Crippen LogP contribution in [0.25, 0.3) is 0 Å². The van der Waals surface area contributed by atoms with E-state index in [-0.39, 0.29) is 17.2 Å². The first kappa shape index (κ1) is 14.8. The summed E-state index contributed by atoms with van der Waals surface area (Å²) in [7, 11) is -3.62. The molecule has 0 amide bonds. The summed E-state index contributed by atoms with van der Waals surface area (Å²) in [6.45, 7) is 0.223. The van der Waals surface area contributed by atoms with Crippen LogP contribution in [-0.2, 0) is 21.2 Å². The van der Waals surface area contributed by atoms with E-state index in [1.165, 1.54) is 12.1 Å². The number of halogens is 1. The first-order valence-electron chi connectivity index (χ1n) is 5.88. The minimum Gasteiger partial charge on any atom is -0.398 e. The molecule has 0 spiro atoms. The van der Waals surface area contributed by atoms with Crippen molar-refractivity contribution >= 4 is 27.1 Å². The third-order valence-corrected chi connectivity index (χ3v) is 4.40. The molecular formula is C14H14ClNO3S. The maximum atomic E-state index is 12.1. The van der Waals surface area contributed by atoms with Crippen molar-refractivity contribution in [2.45, 2.75) is 11.5 Å². The van der Waals surface area contributed by atoms with Crippen LogP contribution < -0.4 is 5.73 Å². The van der Waals surface area contributed by atoms with Crippen molar-refractivity contribution in [1.29, 1.82) is 0 Å². The molecule has 0 saturated heterocycles. The molecule has 0 bridgehead atoms. The van der Waals surface area contributed by atoms with Crippen molar-refractivity contribution in [2.24, 2.45) is 0 Å². The van der Waals surface area contributed by atoms with Crippen LogP contribution in [0.15, 0.2) is 53.4 Å². The van der Waals surface area contributed by atoms with Crippen molar-refractivity contribution in [3.8, 4) is 0 Å². The molecule has 0 aromatic heterocycles. The van der Waals surface area contributed by atoms with E-state index in [2.05, 4.69) is 0 Å². The molecule has 20 heavy (non-hydrogen) atoms. The third kappa shape index (κ3) is 3.72. The Labute approximate surface area is 123 Å². The summed E-state index contributed by atoms with van der Waals surface area (Å²) < 4.78 is 29.5. The zero-order valence-electron chi connectivity index (χ0n) is 10.6. The average molecular weight is 312 g/mol. The molecular weight excluding hydrogens is 298 g/mol. The third-order valence-electron chi connectivity index (χ3n) is 2.66. The average Bonchev–Trinajstić information content (AvgIpc) is 2.42. The number of nitrogen functional groups attached to an aromatic ring is 1. The molecule has 0 aliphatic heterocycles. The second-order valence-electron chi connectivity index (χ2n) is 4.25. The Hall–Kier alpha value is -1.56. The zero-order valence-corrected chi connectivity index (χ0v) is 12.2. The minimum absolute atomic E-state index is 0.00179. The van der Waals surface area contributed by atoms with Gasteiger partial charge in [-0.1, -0.05) is 41.9 Å². The van der Waals surface area contributed by atoms with Crippen molar-refractivity contribution < 1.29 is 13.2 Å². The SMILES string of the molecule is Nc1ccc(Cl)cc1S(=O)(=O)COCc1ccccc1. The van der Waals surface area contributed by atoms with Crippen LogP contribution in [0, 0.1) is 0 Å². The standard InChI is InChI=1S/C14H14ClNO3S/c15-12-6-7-13(16)14(8-12)20(17,18)10-19-9-11-4-2-1-3-5-11/h1-8H,9-10,16H2. The second kappa shape index (κ2) is 6.26. The molecule has 6 heteroatoms. The summed E-state index contributed by atoms with van der Waals surface area (Å²) in [6.07, 6.45) is 0. The van der Waals surface area contributed by atoms with Gasteiger partial charge in [0.15, 0.2) is 5.94 Å². The number of hydrogen-bond donors (Lipinski definition) is 1. The molecule has 2 aromatic rings. The van der Waals surface area contributed by atoms with Gasteiger partial charge in [0.2, 0.25) is 9.84 Å². The van der Waals surface area contributed by atoms with Gasteiger partial charge in [-0.2, -0.15) is 0 Å². The normalized spacial score (nSPS) is 11.4. The smallest absolute Gasteiger partial charge is 0.204 e. The van der Waals surface area contributed by atoms with Gasteiger partial charge in [0.1, 0.15) is 0 Å². The van der Waals surface area contributed by atoms with Gasteiger partial charge in [-0.15, -0.1) is 0 Å². The summed E-state index contributed by atoms with van der Waals surface area (Å²) in [5.41, 5.74) is 6.73. The lowest BCUT2D eigenvalue weighted by atomic mass is 10.2. The van der Waals surface area contributed by atoms with Crippen molar-refractivity contribution in [3.05, 3.63) is 59.1 Å². The van der Waals surface area contributed by atoms with Gasteiger partial charge in [-0.05, 0) is 23.8 Å². The molecule has 0 saturated carbocycles. The van der Waals surface area contributed by atoms with Gasteiger partial charge in [0.25, 0.3) is 0 Å². The predicted molar refractivity (Wildman–Crippen MR) is 79.1 cm³/mol. The lowest BCUT2D eigenvalue weighted by Gasteiger charge is -2.09. The van der Waals surface area contributed by atoms with E-state index in [4.69, 9.17) is 22.1 Å². The highest BCUT2D eigenvalue weighted by Crippen LogP contribution is 2.24. The molecule has 0 heterocycles. The van der Waals surface area contributed by atoms with Crippen LogP contribution >= 0.6 is 11.6 Å². The van der Waals surface area contributed by atoms with E-state index < -0.39 is 15.8 Å². The summed E-state index contributed by atoms with van der Waals surface area (Å²) in [4.78, 5) is -0.00179. The largest absolute Gasteiger partial charge is 0.398 e. The van der Waals surface area contributed by atoms with Gasteiger partial charge in [0, 0.05) is 5.02 Å². The van der Waals surface area contributed by atoms with E-state index in [0.29, 0.717) is 5.02 Å². The number of anilines is 1. The molecule has 0 atom stereocenters. The van der Waals surface area contributed by atoms with Gasteiger partial charge >= 0.3 is 0 Å². The zero-order chi connectivity index (χ0) is 14.6. The van der Waals surface area contributed by atoms with E-state index in [9.17, 15) is 8.42 Å². The Morgan fingerprint density at radius 3 is 2.50 bits per heavy atom. The first-order valence-corrected chi connectivity index (χ1v) is 7.91. The maximum absolute atomic E-state index is 12.1. The lowest BCUT2D eigenvalue weighted by Crippen LogP contribution is -2.12. The fourth-order valence-corrected chi connectivity index (χ4v) is 3.08.